The van der Waals surface area contributed by atoms with Crippen molar-refractivity contribution in [1.82, 2.24) is 4.90 Å². The lowest BCUT2D eigenvalue weighted by molar-refractivity contribution is -0.134. The predicted octanol–water partition coefficient (Wildman–Crippen LogP) is 3.11. The normalized spacial score (nSPS) is 17.9. The first-order chi connectivity index (χ1) is 11.0. The van der Waals surface area contributed by atoms with Gasteiger partial charge in [0.15, 0.2) is 0 Å². The number of hydrogen-bond donors (Lipinski definition) is 0. The molecule has 1 aliphatic rings. The molecular formula is C17H22F2N2O2. The predicted molar refractivity (Wildman–Crippen MR) is 84.0 cm³/mol. The third-order valence-corrected chi connectivity index (χ3v) is 4.30. The highest BCUT2D eigenvalue weighted by atomic mass is 19.1. The van der Waals surface area contributed by atoms with E-state index in [-0.39, 0.29) is 18.5 Å². The van der Waals surface area contributed by atoms with Gasteiger partial charge in [-0.2, -0.15) is 0 Å². The Bertz CT molecular complexity index is 572. The molecule has 0 radical (unpaired) electrons. The molecule has 1 aliphatic heterocycles. The third kappa shape index (κ3) is 3.86. The van der Waals surface area contributed by atoms with Gasteiger partial charge >= 0.3 is 0 Å². The van der Waals surface area contributed by atoms with E-state index in [1.165, 1.54) is 13.0 Å². The Morgan fingerprint density at radius 2 is 1.91 bits per heavy atom. The molecule has 1 fully saturated rings. The van der Waals surface area contributed by atoms with E-state index >= 15 is 0 Å². The summed E-state index contributed by atoms with van der Waals surface area (Å²) in [5.41, 5.74) is -0.460. The molecule has 1 atom stereocenters. The maximum atomic E-state index is 13.9. The van der Waals surface area contributed by atoms with Crippen LogP contribution in [0.3, 0.4) is 0 Å². The lowest BCUT2D eigenvalue weighted by Gasteiger charge is -2.36. The van der Waals surface area contributed by atoms with Gasteiger partial charge < -0.3 is 4.90 Å². The highest BCUT2D eigenvalue weighted by Gasteiger charge is 2.29. The molecule has 0 bridgehead atoms. The molecule has 1 heterocycles. The molecule has 1 aromatic rings. The largest absolute Gasteiger partial charge is 0.338 e. The summed E-state index contributed by atoms with van der Waals surface area (Å²) in [6, 6.07) is 3.52. The van der Waals surface area contributed by atoms with Crippen LogP contribution in [-0.2, 0) is 9.59 Å². The SMILES string of the molecule is CCC1CCCCN1C(=O)CN(C(C)=O)c1c(F)cccc1F. The van der Waals surface area contributed by atoms with Gasteiger partial charge in [-0.15, -0.1) is 0 Å². The Hall–Kier alpha value is -1.98. The van der Waals surface area contributed by atoms with Crippen molar-refractivity contribution in [3.63, 3.8) is 0 Å². The molecule has 1 unspecified atom stereocenters. The minimum Gasteiger partial charge on any atom is -0.338 e. The van der Waals surface area contributed by atoms with E-state index in [0.29, 0.717) is 6.54 Å². The second-order valence-corrected chi connectivity index (χ2v) is 5.82. The van der Waals surface area contributed by atoms with Crippen LogP contribution in [0.15, 0.2) is 18.2 Å². The monoisotopic (exact) mass is 324 g/mol. The fourth-order valence-corrected chi connectivity index (χ4v) is 3.07. The van der Waals surface area contributed by atoms with Crippen LogP contribution >= 0.6 is 0 Å². The number of carbonyl (C=O) groups is 2. The van der Waals surface area contributed by atoms with E-state index in [2.05, 4.69) is 0 Å². The Labute approximate surface area is 135 Å². The van der Waals surface area contributed by atoms with Crippen LogP contribution in [0.25, 0.3) is 0 Å². The maximum absolute atomic E-state index is 13.9. The molecule has 0 saturated carbocycles. The molecule has 0 aliphatic carbocycles. The quantitative estimate of drug-likeness (QED) is 0.854. The maximum Gasteiger partial charge on any atom is 0.242 e. The average molecular weight is 324 g/mol. The van der Waals surface area contributed by atoms with Gasteiger partial charge in [-0.05, 0) is 37.8 Å². The van der Waals surface area contributed by atoms with Gasteiger partial charge in [0.05, 0.1) is 0 Å². The van der Waals surface area contributed by atoms with Gasteiger partial charge in [-0.25, -0.2) is 8.78 Å². The Morgan fingerprint density at radius 3 is 2.48 bits per heavy atom. The summed E-state index contributed by atoms with van der Waals surface area (Å²) in [6.07, 6.45) is 3.74. The molecular weight excluding hydrogens is 302 g/mol. The second-order valence-electron chi connectivity index (χ2n) is 5.82. The van der Waals surface area contributed by atoms with Gasteiger partial charge in [0, 0.05) is 19.5 Å². The molecule has 4 nitrogen and oxygen atoms in total. The summed E-state index contributed by atoms with van der Waals surface area (Å²) in [5, 5.41) is 0. The fraction of sp³-hybridized carbons (Fsp3) is 0.529. The zero-order chi connectivity index (χ0) is 17.0. The highest BCUT2D eigenvalue weighted by molar-refractivity contribution is 5.97. The molecule has 0 spiro atoms. The number of para-hydroxylation sites is 1. The van der Waals surface area contributed by atoms with Gasteiger partial charge in [-0.1, -0.05) is 13.0 Å². The van der Waals surface area contributed by atoms with Crippen molar-refractivity contribution in [1.29, 1.82) is 0 Å². The summed E-state index contributed by atoms with van der Waals surface area (Å²) in [6.45, 7) is 3.49. The lowest BCUT2D eigenvalue weighted by atomic mass is 10.00. The molecule has 1 aromatic carbocycles. The van der Waals surface area contributed by atoms with Gasteiger partial charge in [0.25, 0.3) is 0 Å². The standard InChI is InChI=1S/C17H22F2N2O2/c1-3-13-7-4-5-10-20(13)16(23)11-21(12(2)22)17-14(18)8-6-9-15(17)19/h6,8-9,13H,3-5,7,10-11H2,1-2H3. The van der Waals surface area contributed by atoms with E-state index in [1.807, 2.05) is 6.92 Å². The zero-order valence-electron chi connectivity index (χ0n) is 13.5. The molecule has 0 aromatic heterocycles. The van der Waals surface area contributed by atoms with Crippen LogP contribution in [0, 0.1) is 11.6 Å². The summed E-state index contributed by atoms with van der Waals surface area (Å²) < 4.78 is 27.9. The number of hydrogen-bond acceptors (Lipinski definition) is 2. The Morgan fingerprint density at radius 1 is 1.26 bits per heavy atom. The number of anilines is 1. The number of halogens is 2. The zero-order valence-corrected chi connectivity index (χ0v) is 13.5. The number of likely N-dealkylation sites (tertiary alicyclic amines) is 1. The van der Waals surface area contributed by atoms with Crippen LogP contribution in [0.1, 0.15) is 39.5 Å². The fourth-order valence-electron chi connectivity index (χ4n) is 3.07. The van der Waals surface area contributed by atoms with Gasteiger partial charge in [0.2, 0.25) is 11.8 Å². The minimum atomic E-state index is -0.848. The average Bonchev–Trinajstić information content (AvgIpc) is 2.53. The van der Waals surface area contributed by atoms with Crippen molar-refractivity contribution in [3.05, 3.63) is 29.8 Å². The second kappa shape index (κ2) is 7.53. The summed E-state index contributed by atoms with van der Waals surface area (Å²) in [7, 11) is 0. The third-order valence-electron chi connectivity index (χ3n) is 4.30. The number of nitrogens with zero attached hydrogens (tertiary/aromatic N) is 2. The Kier molecular flexibility index (Phi) is 5.69. The minimum absolute atomic E-state index is 0.135. The smallest absolute Gasteiger partial charge is 0.242 e. The van der Waals surface area contributed by atoms with Crippen molar-refractivity contribution < 1.29 is 18.4 Å². The molecule has 1 saturated heterocycles. The topological polar surface area (TPSA) is 40.6 Å². The molecule has 0 N–H and O–H groups in total. The number of amides is 2. The van der Waals surface area contributed by atoms with Crippen LogP contribution in [0.5, 0.6) is 0 Å². The number of rotatable bonds is 4. The number of carbonyl (C=O) groups excluding carboxylic acids is 2. The van der Waals surface area contributed by atoms with E-state index in [9.17, 15) is 18.4 Å². The molecule has 2 amide bonds. The number of piperidine rings is 1. The van der Waals surface area contributed by atoms with E-state index in [1.54, 1.807) is 4.90 Å². The van der Waals surface area contributed by atoms with Crippen LogP contribution < -0.4 is 4.90 Å². The van der Waals surface area contributed by atoms with Crippen molar-refractivity contribution in [3.8, 4) is 0 Å². The summed E-state index contributed by atoms with van der Waals surface area (Å²) in [5.74, 6) is -2.53. The van der Waals surface area contributed by atoms with Crippen molar-refractivity contribution in [2.24, 2.45) is 0 Å². The van der Waals surface area contributed by atoms with Crippen LogP contribution in [0.4, 0.5) is 14.5 Å². The molecule has 126 valence electrons. The molecule has 23 heavy (non-hydrogen) atoms. The highest BCUT2D eigenvalue weighted by Crippen LogP contribution is 2.25. The first-order valence-electron chi connectivity index (χ1n) is 7.97. The van der Waals surface area contributed by atoms with Gasteiger partial charge in [0.1, 0.15) is 23.9 Å². The number of benzene rings is 1. The van der Waals surface area contributed by atoms with E-state index < -0.39 is 23.2 Å². The van der Waals surface area contributed by atoms with Crippen LogP contribution in [0.2, 0.25) is 0 Å². The van der Waals surface area contributed by atoms with Crippen molar-refractivity contribution in [2.75, 3.05) is 18.0 Å². The molecule has 6 heteroatoms. The molecule has 2 rings (SSSR count). The van der Waals surface area contributed by atoms with E-state index in [4.69, 9.17) is 0 Å². The first-order valence-corrected chi connectivity index (χ1v) is 7.97. The van der Waals surface area contributed by atoms with Gasteiger partial charge in [-0.3, -0.25) is 14.5 Å². The Balaban J connectivity index is 2.23. The van der Waals surface area contributed by atoms with Crippen molar-refractivity contribution >= 4 is 17.5 Å². The van der Waals surface area contributed by atoms with E-state index in [0.717, 1.165) is 42.7 Å². The first kappa shape index (κ1) is 17.4. The lowest BCUT2D eigenvalue weighted by Crippen LogP contribution is -2.49. The van der Waals surface area contributed by atoms with Crippen molar-refractivity contribution in [2.45, 2.75) is 45.6 Å². The summed E-state index contributed by atoms with van der Waals surface area (Å²) in [4.78, 5) is 27.0. The van der Waals surface area contributed by atoms with Crippen LogP contribution in [-0.4, -0.2) is 35.8 Å². The summed E-state index contributed by atoms with van der Waals surface area (Å²) >= 11 is 0.